The van der Waals surface area contributed by atoms with Crippen LogP contribution in [0.15, 0.2) is 35.5 Å². The van der Waals surface area contributed by atoms with E-state index in [1.165, 1.54) is 0 Å². The largest absolute Gasteiger partial charge is 0.447 e. The van der Waals surface area contributed by atoms with Gasteiger partial charge in [-0.2, -0.15) is 0 Å². The number of rotatable bonds is 6. The summed E-state index contributed by atoms with van der Waals surface area (Å²) in [6, 6.07) is 6.33. The molecule has 12 heteroatoms. The van der Waals surface area contributed by atoms with E-state index in [4.69, 9.17) is 9.72 Å². The zero-order valence-electron chi connectivity index (χ0n) is 20.8. The first-order chi connectivity index (χ1) is 17.9. The second-order valence-corrected chi connectivity index (χ2v) is 12.0. The van der Waals surface area contributed by atoms with Crippen molar-refractivity contribution in [3.05, 3.63) is 36.2 Å². The molecule has 0 radical (unpaired) electrons. The molecular weight excluding hydrogens is 510 g/mol. The standard InChI is InChI=1S/C25H29N7O3S2.3H2/c1-25-13-31(7-8-32(25)24(34)35-14-25)21(33)15-3-6-19-20(9-15)37-23(30-19)29-17-5-4-16(10-17)28-22-26-11-18(36-2)12-27-22;;;/h3,6,9,11-12,16-17H,4-5,7-8,10,13-14H2,1-2H3,(H,29,30)(H,26,27,28);3*1H/t16-,17-,25?;;;/m0.../s1. The van der Waals surface area contributed by atoms with Crippen LogP contribution in [0.1, 0.15) is 40.8 Å². The minimum absolute atomic E-state index is 0. The molecule has 2 saturated heterocycles. The molecule has 37 heavy (non-hydrogen) atoms. The number of hydrogen-bond donors (Lipinski definition) is 2. The molecule has 3 atom stereocenters. The number of aromatic nitrogens is 3. The molecule has 2 N–H and O–H groups in total. The molecule has 1 aliphatic carbocycles. The van der Waals surface area contributed by atoms with Crippen molar-refractivity contribution >= 4 is 56.4 Å². The molecule has 10 nitrogen and oxygen atoms in total. The van der Waals surface area contributed by atoms with Gasteiger partial charge in [0.1, 0.15) is 6.61 Å². The highest BCUT2D eigenvalue weighted by atomic mass is 32.2. The van der Waals surface area contributed by atoms with Crippen molar-refractivity contribution in [2.75, 3.05) is 43.1 Å². The van der Waals surface area contributed by atoms with Crippen molar-refractivity contribution in [3.8, 4) is 0 Å². The molecule has 3 fully saturated rings. The summed E-state index contributed by atoms with van der Waals surface area (Å²) in [7, 11) is 0. The van der Waals surface area contributed by atoms with E-state index < -0.39 is 5.54 Å². The Morgan fingerprint density at radius 3 is 2.78 bits per heavy atom. The minimum atomic E-state index is -0.463. The lowest BCUT2D eigenvalue weighted by molar-refractivity contribution is 0.0433. The molecule has 1 saturated carbocycles. The first-order valence-corrected chi connectivity index (χ1v) is 14.5. The van der Waals surface area contributed by atoms with Crippen LogP contribution in [0.2, 0.25) is 0 Å². The van der Waals surface area contributed by atoms with Crippen LogP contribution in [0.4, 0.5) is 15.9 Å². The van der Waals surface area contributed by atoms with Crippen molar-refractivity contribution < 1.29 is 18.6 Å². The Balaban J connectivity index is 0.00000147. The Bertz CT molecular complexity index is 1350. The van der Waals surface area contributed by atoms with Gasteiger partial charge in [0.2, 0.25) is 5.95 Å². The smallest absolute Gasteiger partial charge is 0.410 e. The van der Waals surface area contributed by atoms with Gasteiger partial charge in [-0.05, 0) is 50.6 Å². The maximum atomic E-state index is 13.3. The SMILES string of the molecule is CSc1cnc(N[C@H]2CC[C@H](Nc3nc4ccc(C(=O)N5CCN6C(=O)OCC6(C)C5)cc4s3)C2)nc1.[HH].[HH].[HH]. The summed E-state index contributed by atoms with van der Waals surface area (Å²) in [4.78, 5) is 43.4. The number of hydrogen-bond acceptors (Lipinski definition) is 10. The van der Waals surface area contributed by atoms with E-state index >= 15 is 0 Å². The average Bonchev–Trinajstić information content (AvgIpc) is 3.60. The normalized spacial score (nSPS) is 25.3. The molecule has 2 aromatic heterocycles. The maximum absolute atomic E-state index is 13.3. The van der Waals surface area contributed by atoms with E-state index in [2.05, 4.69) is 20.6 Å². The lowest BCUT2D eigenvalue weighted by atomic mass is 9.98. The number of carbonyl (C=O) groups is 2. The predicted octanol–water partition coefficient (Wildman–Crippen LogP) is 4.66. The monoisotopic (exact) mass is 545 g/mol. The number of anilines is 2. The van der Waals surface area contributed by atoms with E-state index in [-0.39, 0.29) is 16.3 Å². The third-order valence-corrected chi connectivity index (χ3v) is 9.02. The highest BCUT2D eigenvalue weighted by Crippen LogP contribution is 2.32. The molecule has 1 unspecified atom stereocenters. The molecule has 2 aliphatic heterocycles. The quantitative estimate of drug-likeness (QED) is 0.427. The zero-order chi connectivity index (χ0) is 25.6. The molecule has 1 aromatic carbocycles. The lowest BCUT2D eigenvalue weighted by Crippen LogP contribution is -2.60. The van der Waals surface area contributed by atoms with Crippen LogP contribution in [0.5, 0.6) is 0 Å². The molecule has 3 aromatic rings. The summed E-state index contributed by atoms with van der Waals surface area (Å²) in [5.41, 5.74) is 1.06. The van der Waals surface area contributed by atoms with E-state index in [1.807, 2.05) is 48.7 Å². The van der Waals surface area contributed by atoms with Crippen molar-refractivity contribution in [1.29, 1.82) is 0 Å². The number of benzene rings is 1. The molecular formula is C25H35N7O3S2. The summed E-state index contributed by atoms with van der Waals surface area (Å²) in [6.07, 6.45) is 8.45. The van der Waals surface area contributed by atoms with E-state index in [9.17, 15) is 9.59 Å². The maximum Gasteiger partial charge on any atom is 0.410 e. The number of ether oxygens (including phenoxy) is 1. The highest BCUT2D eigenvalue weighted by Gasteiger charge is 2.48. The predicted molar refractivity (Wildman–Crippen MR) is 151 cm³/mol. The Labute approximate surface area is 227 Å². The van der Waals surface area contributed by atoms with Gasteiger partial charge in [0.05, 0.1) is 15.8 Å². The number of nitrogens with one attached hydrogen (secondary N) is 2. The number of nitrogens with zero attached hydrogens (tertiary/aromatic N) is 5. The third-order valence-electron chi connectivity index (χ3n) is 7.38. The summed E-state index contributed by atoms with van der Waals surface area (Å²) in [6.45, 7) is 3.74. The minimum Gasteiger partial charge on any atom is -0.447 e. The van der Waals surface area contributed by atoms with Crippen molar-refractivity contribution in [1.82, 2.24) is 24.8 Å². The molecule has 3 aliphatic rings. The molecule has 0 spiro atoms. The first-order valence-electron chi connectivity index (χ1n) is 12.4. The number of thioether (sulfide) groups is 1. The van der Waals surface area contributed by atoms with Gasteiger partial charge in [-0.25, -0.2) is 19.7 Å². The van der Waals surface area contributed by atoms with Gasteiger partial charge >= 0.3 is 6.09 Å². The fourth-order valence-electron chi connectivity index (χ4n) is 5.37. The zero-order valence-corrected chi connectivity index (χ0v) is 22.4. The van der Waals surface area contributed by atoms with Crippen molar-refractivity contribution in [3.63, 3.8) is 0 Å². The Morgan fingerprint density at radius 1 is 1.22 bits per heavy atom. The van der Waals surface area contributed by atoms with Gasteiger partial charge in [0.15, 0.2) is 5.13 Å². The summed E-state index contributed by atoms with van der Waals surface area (Å²) in [5, 5.41) is 7.90. The number of cyclic esters (lactones) is 1. The Hall–Kier alpha value is -3.12. The molecule has 200 valence electrons. The van der Waals surface area contributed by atoms with Gasteiger partial charge in [-0.3, -0.25) is 9.69 Å². The fourth-order valence-corrected chi connectivity index (χ4v) is 6.67. The summed E-state index contributed by atoms with van der Waals surface area (Å²) in [5.74, 6) is 0.644. The molecule has 0 bridgehead atoms. The molecule has 4 heterocycles. The number of thiazole rings is 1. The van der Waals surface area contributed by atoms with E-state index in [0.29, 0.717) is 49.8 Å². The van der Waals surface area contributed by atoms with Crippen LogP contribution in [-0.4, -0.2) is 86.9 Å². The average molecular weight is 546 g/mol. The molecule has 6 rings (SSSR count). The highest BCUT2D eigenvalue weighted by molar-refractivity contribution is 7.98. The van der Waals surface area contributed by atoms with Crippen LogP contribution >= 0.6 is 23.1 Å². The van der Waals surface area contributed by atoms with Gasteiger partial charge in [-0.1, -0.05) is 11.3 Å². The number of amides is 2. The third kappa shape index (κ3) is 4.79. The molecule has 2 amide bonds. The van der Waals surface area contributed by atoms with Gasteiger partial charge in [0, 0.05) is 58.9 Å². The van der Waals surface area contributed by atoms with Crippen LogP contribution in [-0.2, 0) is 4.74 Å². The Morgan fingerprint density at radius 2 is 2.00 bits per heavy atom. The topological polar surface area (TPSA) is 113 Å². The van der Waals surface area contributed by atoms with Gasteiger partial charge < -0.3 is 20.3 Å². The lowest BCUT2D eigenvalue weighted by Gasteiger charge is -2.42. The first kappa shape index (κ1) is 24.2. The van der Waals surface area contributed by atoms with E-state index in [1.54, 1.807) is 28.0 Å². The van der Waals surface area contributed by atoms with Crippen LogP contribution in [0.25, 0.3) is 10.2 Å². The van der Waals surface area contributed by atoms with Crippen LogP contribution in [0, 0.1) is 0 Å². The Kier molecular flexibility index (Phi) is 6.31. The second kappa shape index (κ2) is 9.64. The fraction of sp³-hybridized carbons (Fsp3) is 0.480. The van der Waals surface area contributed by atoms with Crippen molar-refractivity contribution in [2.24, 2.45) is 0 Å². The summed E-state index contributed by atoms with van der Waals surface area (Å²) >= 11 is 3.20. The summed E-state index contributed by atoms with van der Waals surface area (Å²) < 4.78 is 6.20. The van der Waals surface area contributed by atoms with Crippen molar-refractivity contribution in [2.45, 2.75) is 48.7 Å². The van der Waals surface area contributed by atoms with Gasteiger partial charge in [-0.15, -0.1) is 11.8 Å². The number of piperazine rings is 1. The van der Waals surface area contributed by atoms with Crippen LogP contribution < -0.4 is 10.6 Å². The number of fused-ring (bicyclic) bond motifs is 2. The van der Waals surface area contributed by atoms with Gasteiger partial charge in [0.25, 0.3) is 5.91 Å². The second-order valence-electron chi connectivity index (χ2n) is 10.1. The number of carbonyl (C=O) groups excluding carboxylic acids is 2. The van der Waals surface area contributed by atoms with E-state index in [0.717, 1.165) is 39.5 Å². The van der Waals surface area contributed by atoms with Crippen LogP contribution in [0.3, 0.4) is 0 Å².